The van der Waals surface area contributed by atoms with Gasteiger partial charge in [0.25, 0.3) is 5.69 Å². The van der Waals surface area contributed by atoms with Crippen LogP contribution in [0, 0.1) is 15.5 Å². The highest BCUT2D eigenvalue weighted by molar-refractivity contribution is 5.52. The fourth-order valence-electron chi connectivity index (χ4n) is 1.12. The molecule has 0 aromatic carbocycles. The van der Waals surface area contributed by atoms with Crippen molar-refractivity contribution in [3.8, 4) is 0 Å². The van der Waals surface area contributed by atoms with Crippen LogP contribution in [0.15, 0.2) is 12.1 Å². The van der Waals surface area contributed by atoms with E-state index >= 15 is 0 Å². The third-order valence-corrected chi connectivity index (χ3v) is 2.22. The number of nitrogens with zero attached hydrogens (tertiary/aromatic N) is 2. The highest BCUT2D eigenvalue weighted by Crippen LogP contribution is 2.20. The van der Waals surface area contributed by atoms with Crippen molar-refractivity contribution in [2.24, 2.45) is 5.41 Å². The first-order valence-electron chi connectivity index (χ1n) is 5.11. The lowest BCUT2D eigenvalue weighted by Crippen LogP contribution is -2.27. The highest BCUT2D eigenvalue weighted by atomic mass is 16.6. The fourth-order valence-corrected chi connectivity index (χ4v) is 1.12. The summed E-state index contributed by atoms with van der Waals surface area (Å²) in [6.07, 6.45) is 0. The van der Waals surface area contributed by atoms with E-state index < -0.39 is 4.92 Å². The highest BCUT2D eigenvalue weighted by Gasteiger charge is 2.17. The van der Waals surface area contributed by atoms with Crippen LogP contribution in [0.5, 0.6) is 0 Å². The maximum atomic E-state index is 10.6. The van der Waals surface area contributed by atoms with Crippen molar-refractivity contribution in [3.63, 3.8) is 0 Å². The second-order valence-corrected chi connectivity index (χ2v) is 4.57. The van der Waals surface area contributed by atoms with E-state index in [-0.39, 0.29) is 23.5 Å². The zero-order valence-electron chi connectivity index (χ0n) is 9.80. The van der Waals surface area contributed by atoms with Crippen LogP contribution in [0.25, 0.3) is 0 Å². The van der Waals surface area contributed by atoms with Gasteiger partial charge in [-0.15, -0.1) is 0 Å². The number of pyridine rings is 1. The van der Waals surface area contributed by atoms with Crippen LogP contribution in [-0.2, 0) is 0 Å². The molecule has 94 valence electrons. The predicted molar refractivity (Wildman–Crippen MR) is 64.7 cm³/mol. The minimum atomic E-state index is -0.527. The molecule has 0 radical (unpaired) electrons. The van der Waals surface area contributed by atoms with E-state index in [2.05, 4.69) is 10.3 Å². The summed E-state index contributed by atoms with van der Waals surface area (Å²) in [5.41, 5.74) is 5.02. The Morgan fingerprint density at radius 2 is 2.24 bits per heavy atom. The van der Waals surface area contributed by atoms with Crippen molar-refractivity contribution in [2.45, 2.75) is 13.8 Å². The zero-order chi connectivity index (χ0) is 13.1. The average Bonchev–Trinajstić information content (AvgIpc) is 2.26. The number of aromatic nitrogens is 1. The first kappa shape index (κ1) is 13.2. The molecule has 0 aliphatic carbocycles. The number of nitrogens with two attached hydrogens (primary N) is 1. The minimum absolute atomic E-state index is 0.00437. The van der Waals surface area contributed by atoms with Crippen LogP contribution in [-0.4, -0.2) is 28.2 Å². The fraction of sp³-hybridized carbons (Fsp3) is 0.500. The van der Waals surface area contributed by atoms with Gasteiger partial charge in [-0.1, -0.05) is 13.8 Å². The van der Waals surface area contributed by atoms with Crippen LogP contribution in [0.1, 0.15) is 13.8 Å². The monoisotopic (exact) mass is 240 g/mol. The van der Waals surface area contributed by atoms with Crippen molar-refractivity contribution in [1.82, 2.24) is 4.98 Å². The number of nitrogens with one attached hydrogen (secondary N) is 1. The molecule has 0 aliphatic rings. The lowest BCUT2D eigenvalue weighted by molar-refractivity contribution is -0.384. The number of hydrogen-bond acceptors (Lipinski definition) is 6. The Morgan fingerprint density at radius 3 is 2.76 bits per heavy atom. The van der Waals surface area contributed by atoms with E-state index in [1.807, 2.05) is 13.8 Å². The van der Waals surface area contributed by atoms with Crippen LogP contribution >= 0.6 is 0 Å². The van der Waals surface area contributed by atoms with Crippen molar-refractivity contribution in [3.05, 3.63) is 22.2 Å². The molecule has 0 atom stereocenters. The molecule has 1 aromatic rings. The molecule has 0 amide bonds. The molecule has 1 aromatic heterocycles. The number of nitro groups is 1. The molecule has 0 saturated carbocycles. The lowest BCUT2D eigenvalue weighted by Gasteiger charge is -2.22. The Morgan fingerprint density at radius 1 is 1.59 bits per heavy atom. The first-order valence-corrected chi connectivity index (χ1v) is 5.11. The number of nitrogen functional groups attached to an aromatic ring is 1. The Hall–Kier alpha value is -1.89. The Balaban J connectivity index is 2.81. The summed E-state index contributed by atoms with van der Waals surface area (Å²) in [5, 5.41) is 22.6. The molecule has 1 rings (SSSR count). The molecule has 1 heterocycles. The molecule has 0 aliphatic heterocycles. The maximum absolute atomic E-state index is 10.6. The number of rotatable bonds is 5. The molecule has 0 bridgehead atoms. The van der Waals surface area contributed by atoms with E-state index in [0.29, 0.717) is 12.4 Å². The first-order chi connectivity index (χ1) is 7.84. The summed E-state index contributed by atoms with van der Waals surface area (Å²) in [7, 11) is 0. The average molecular weight is 240 g/mol. The van der Waals surface area contributed by atoms with E-state index in [1.165, 1.54) is 12.1 Å². The number of anilines is 2. The number of hydrogen-bond donors (Lipinski definition) is 3. The second-order valence-electron chi connectivity index (χ2n) is 4.57. The summed E-state index contributed by atoms with van der Waals surface area (Å²) >= 11 is 0. The van der Waals surface area contributed by atoms with Crippen LogP contribution < -0.4 is 11.1 Å². The quantitative estimate of drug-likeness (QED) is 0.522. The van der Waals surface area contributed by atoms with Crippen molar-refractivity contribution >= 4 is 17.3 Å². The van der Waals surface area contributed by atoms with Gasteiger partial charge in [0.05, 0.1) is 17.1 Å². The summed E-state index contributed by atoms with van der Waals surface area (Å²) in [5.74, 6) is 0.418. The van der Waals surface area contributed by atoms with Gasteiger partial charge in [-0.25, -0.2) is 4.98 Å². The van der Waals surface area contributed by atoms with Gasteiger partial charge in [-0.2, -0.15) is 0 Å². The normalized spacial score (nSPS) is 11.2. The largest absolute Gasteiger partial charge is 0.396 e. The Kier molecular flexibility index (Phi) is 3.84. The van der Waals surface area contributed by atoms with E-state index in [0.717, 1.165) is 0 Å². The molecule has 0 spiro atoms. The smallest absolute Gasteiger partial charge is 0.276 e. The van der Waals surface area contributed by atoms with Gasteiger partial charge in [0, 0.05) is 18.6 Å². The standard InChI is InChI=1S/C10H16N4O3/c1-10(2,6-15)5-12-9-4-7(14(16)17)3-8(11)13-9/h3-4,15H,5-6H2,1-2H3,(H3,11,12,13). The van der Waals surface area contributed by atoms with E-state index in [4.69, 9.17) is 10.8 Å². The Labute approximate surface area is 98.8 Å². The molecule has 17 heavy (non-hydrogen) atoms. The molecule has 0 saturated heterocycles. The van der Waals surface area contributed by atoms with Gasteiger partial charge < -0.3 is 16.2 Å². The third kappa shape index (κ3) is 3.87. The molecule has 7 nitrogen and oxygen atoms in total. The number of aliphatic hydroxyl groups excluding tert-OH is 1. The van der Waals surface area contributed by atoms with Crippen molar-refractivity contribution < 1.29 is 10.0 Å². The molecule has 0 unspecified atom stereocenters. The number of aliphatic hydroxyl groups is 1. The Bertz CT molecular complexity index is 420. The topological polar surface area (TPSA) is 114 Å². The van der Waals surface area contributed by atoms with Gasteiger partial charge in [-0.3, -0.25) is 10.1 Å². The molecular weight excluding hydrogens is 224 g/mol. The van der Waals surface area contributed by atoms with Crippen LogP contribution in [0.4, 0.5) is 17.3 Å². The molecular formula is C10H16N4O3. The van der Waals surface area contributed by atoms with E-state index in [1.54, 1.807) is 0 Å². The van der Waals surface area contributed by atoms with Gasteiger partial charge in [0.1, 0.15) is 11.6 Å². The zero-order valence-corrected chi connectivity index (χ0v) is 9.80. The predicted octanol–water partition coefficient (Wildman–Crippen LogP) is 1.00. The van der Waals surface area contributed by atoms with Crippen molar-refractivity contribution in [1.29, 1.82) is 0 Å². The molecule has 0 fully saturated rings. The van der Waals surface area contributed by atoms with Crippen LogP contribution in [0.2, 0.25) is 0 Å². The van der Waals surface area contributed by atoms with Gasteiger partial charge in [-0.05, 0) is 0 Å². The maximum Gasteiger partial charge on any atom is 0.276 e. The summed E-state index contributed by atoms with van der Waals surface area (Å²) in [6.45, 7) is 4.17. The minimum Gasteiger partial charge on any atom is -0.396 e. The lowest BCUT2D eigenvalue weighted by atomic mass is 9.95. The van der Waals surface area contributed by atoms with Crippen molar-refractivity contribution in [2.75, 3.05) is 24.2 Å². The second kappa shape index (κ2) is 4.96. The van der Waals surface area contributed by atoms with Gasteiger partial charge in [0.15, 0.2) is 0 Å². The SMILES string of the molecule is CC(C)(CO)CNc1cc([N+](=O)[O-])cc(N)n1. The third-order valence-electron chi connectivity index (χ3n) is 2.22. The molecule has 7 heteroatoms. The summed E-state index contributed by atoms with van der Waals surface area (Å²) in [4.78, 5) is 14.0. The van der Waals surface area contributed by atoms with Gasteiger partial charge in [0.2, 0.25) is 0 Å². The van der Waals surface area contributed by atoms with Crippen LogP contribution in [0.3, 0.4) is 0 Å². The summed E-state index contributed by atoms with van der Waals surface area (Å²) < 4.78 is 0. The summed E-state index contributed by atoms with van der Waals surface area (Å²) in [6, 6.07) is 2.51. The van der Waals surface area contributed by atoms with Gasteiger partial charge >= 0.3 is 0 Å². The van der Waals surface area contributed by atoms with E-state index in [9.17, 15) is 10.1 Å². The molecule has 4 N–H and O–H groups in total.